The topological polar surface area (TPSA) is 3.24 Å². The zero-order valence-corrected chi connectivity index (χ0v) is 28.2. The molecule has 0 amide bonds. The Kier molecular flexibility index (Phi) is 6.29. The van der Waals surface area contributed by atoms with E-state index in [-0.39, 0.29) is 5.41 Å². The number of hydrogen-bond acceptors (Lipinski definition) is 1. The normalized spacial score (nSPS) is 13.2. The number of rotatable bonds is 4. The first-order chi connectivity index (χ1) is 24.6. The first-order valence-corrected chi connectivity index (χ1v) is 17.5. The third-order valence-electron chi connectivity index (χ3n) is 11.0. The highest BCUT2D eigenvalue weighted by Gasteiger charge is 2.38. The standard InChI is InChI=1S/C49H35N/c1-49(2)42-22-12-24-45(48(42)41-30-36-17-5-6-18-37(36)31-43(41)49)50(44-23-11-19-33-14-7-9-20-39(33)44)46-28-27-34-15-8-10-21-40(34)47(46)38-26-25-32-13-3-4-16-35(32)29-38/h3-31H,1-2H3. The lowest BCUT2D eigenvalue weighted by Gasteiger charge is -2.32. The molecule has 0 N–H and O–H groups in total. The van der Waals surface area contributed by atoms with E-state index in [1.54, 1.807) is 0 Å². The third-order valence-corrected chi connectivity index (χ3v) is 11.0. The highest BCUT2D eigenvalue weighted by Crippen LogP contribution is 2.56. The van der Waals surface area contributed by atoms with Gasteiger partial charge >= 0.3 is 0 Å². The van der Waals surface area contributed by atoms with Crippen LogP contribution in [0.1, 0.15) is 25.0 Å². The van der Waals surface area contributed by atoms with Crippen LogP contribution < -0.4 is 4.90 Å². The van der Waals surface area contributed by atoms with Crippen molar-refractivity contribution in [3.63, 3.8) is 0 Å². The molecule has 1 aliphatic rings. The van der Waals surface area contributed by atoms with Gasteiger partial charge < -0.3 is 4.90 Å². The van der Waals surface area contributed by atoms with Crippen molar-refractivity contribution < 1.29 is 0 Å². The van der Waals surface area contributed by atoms with Crippen molar-refractivity contribution in [2.24, 2.45) is 0 Å². The summed E-state index contributed by atoms with van der Waals surface area (Å²) in [4.78, 5) is 2.55. The van der Waals surface area contributed by atoms with Gasteiger partial charge in [-0.15, -0.1) is 0 Å². The minimum absolute atomic E-state index is 0.153. The predicted octanol–water partition coefficient (Wildman–Crippen LogP) is 13.7. The van der Waals surface area contributed by atoms with E-state index in [1.807, 2.05) is 0 Å². The molecule has 1 aliphatic carbocycles. The fourth-order valence-corrected chi connectivity index (χ4v) is 8.53. The fourth-order valence-electron chi connectivity index (χ4n) is 8.53. The van der Waals surface area contributed by atoms with Gasteiger partial charge in [0.2, 0.25) is 0 Å². The molecular formula is C49H35N. The molecule has 50 heavy (non-hydrogen) atoms. The van der Waals surface area contributed by atoms with Crippen LogP contribution in [-0.4, -0.2) is 0 Å². The van der Waals surface area contributed by atoms with Crippen molar-refractivity contribution in [3.8, 4) is 22.3 Å². The summed E-state index contributed by atoms with van der Waals surface area (Å²) in [6.07, 6.45) is 0. The van der Waals surface area contributed by atoms with Crippen LogP contribution in [0.2, 0.25) is 0 Å². The first kappa shape index (κ1) is 28.8. The second-order valence-electron chi connectivity index (χ2n) is 14.1. The van der Waals surface area contributed by atoms with Gasteiger partial charge in [-0.25, -0.2) is 0 Å². The summed E-state index contributed by atoms with van der Waals surface area (Å²) in [7, 11) is 0. The van der Waals surface area contributed by atoms with Crippen LogP contribution >= 0.6 is 0 Å². The Balaban J connectivity index is 1.34. The Hall–Kier alpha value is -6.18. The van der Waals surface area contributed by atoms with Crippen LogP contribution in [-0.2, 0) is 5.41 Å². The van der Waals surface area contributed by atoms with Gasteiger partial charge in [-0.2, -0.15) is 0 Å². The van der Waals surface area contributed by atoms with Crippen LogP contribution in [0.5, 0.6) is 0 Å². The van der Waals surface area contributed by atoms with Gasteiger partial charge in [0, 0.05) is 21.9 Å². The maximum Gasteiger partial charge on any atom is 0.0547 e. The monoisotopic (exact) mass is 637 g/mol. The summed E-state index contributed by atoms with van der Waals surface area (Å²) >= 11 is 0. The Bertz CT molecular complexity index is 2800. The van der Waals surface area contributed by atoms with Gasteiger partial charge in [-0.05, 0) is 96.4 Å². The quantitative estimate of drug-likeness (QED) is 0.186. The maximum absolute atomic E-state index is 2.55. The molecular weight excluding hydrogens is 603 g/mol. The molecule has 0 saturated heterocycles. The zero-order chi connectivity index (χ0) is 33.4. The SMILES string of the molecule is CC1(C)c2cc3ccccc3cc2-c2c(N(c3ccc4ccccc4c3-c3ccc4ccccc4c3)c3cccc4ccccc34)cccc21. The van der Waals surface area contributed by atoms with E-state index in [9.17, 15) is 0 Å². The largest absolute Gasteiger partial charge is 0.309 e. The highest BCUT2D eigenvalue weighted by molar-refractivity contribution is 6.11. The molecule has 0 bridgehead atoms. The van der Waals surface area contributed by atoms with Crippen molar-refractivity contribution in [1.82, 2.24) is 0 Å². The molecule has 0 saturated carbocycles. The molecule has 1 nitrogen and oxygen atoms in total. The summed E-state index contributed by atoms with van der Waals surface area (Å²) in [5.74, 6) is 0. The molecule has 0 spiro atoms. The van der Waals surface area contributed by atoms with Gasteiger partial charge in [0.05, 0.1) is 17.1 Å². The molecule has 0 fully saturated rings. The van der Waals surface area contributed by atoms with Gasteiger partial charge in [0.25, 0.3) is 0 Å². The number of hydrogen-bond donors (Lipinski definition) is 0. The lowest BCUT2D eigenvalue weighted by molar-refractivity contribution is 0.661. The summed E-state index contributed by atoms with van der Waals surface area (Å²) in [5.41, 5.74) is 11.2. The molecule has 0 aliphatic heterocycles. The van der Waals surface area contributed by atoms with Crippen molar-refractivity contribution >= 4 is 60.2 Å². The number of anilines is 3. The minimum atomic E-state index is -0.153. The molecule has 1 heteroatoms. The van der Waals surface area contributed by atoms with Crippen molar-refractivity contribution in [2.45, 2.75) is 19.3 Å². The number of fused-ring (bicyclic) bond motifs is 7. The second kappa shape index (κ2) is 10.9. The van der Waals surface area contributed by atoms with Crippen LogP contribution in [0, 0.1) is 0 Å². The fraction of sp³-hybridized carbons (Fsp3) is 0.0612. The molecule has 9 aromatic rings. The third kappa shape index (κ3) is 4.27. The zero-order valence-electron chi connectivity index (χ0n) is 28.2. The van der Waals surface area contributed by atoms with Crippen molar-refractivity contribution in [2.75, 3.05) is 4.90 Å². The Labute approximate surface area is 292 Å². The van der Waals surface area contributed by atoms with E-state index in [0.717, 1.165) is 5.69 Å². The summed E-state index contributed by atoms with van der Waals surface area (Å²) in [6, 6.07) is 65.1. The number of nitrogens with zero attached hydrogens (tertiary/aromatic N) is 1. The smallest absolute Gasteiger partial charge is 0.0547 e. The summed E-state index contributed by atoms with van der Waals surface area (Å²) in [6.45, 7) is 4.77. The number of benzene rings is 9. The van der Waals surface area contributed by atoms with Gasteiger partial charge in [-0.3, -0.25) is 0 Å². The Morgan fingerprint density at radius 3 is 1.68 bits per heavy atom. The average molecular weight is 638 g/mol. The first-order valence-electron chi connectivity index (χ1n) is 17.5. The Morgan fingerprint density at radius 2 is 0.900 bits per heavy atom. The molecule has 10 rings (SSSR count). The maximum atomic E-state index is 2.55. The van der Waals surface area contributed by atoms with Crippen LogP contribution in [0.25, 0.3) is 65.3 Å². The molecule has 0 heterocycles. The average Bonchev–Trinajstić information content (AvgIpc) is 3.39. The summed E-state index contributed by atoms with van der Waals surface area (Å²) in [5, 5.41) is 9.96. The molecule has 236 valence electrons. The highest BCUT2D eigenvalue weighted by atomic mass is 15.1. The second-order valence-corrected chi connectivity index (χ2v) is 14.1. The molecule has 0 radical (unpaired) electrons. The van der Waals surface area contributed by atoms with E-state index in [1.165, 1.54) is 87.8 Å². The lowest BCUT2D eigenvalue weighted by Crippen LogP contribution is -2.16. The van der Waals surface area contributed by atoms with Gasteiger partial charge in [0.15, 0.2) is 0 Å². The van der Waals surface area contributed by atoms with E-state index in [0.29, 0.717) is 0 Å². The van der Waals surface area contributed by atoms with Crippen molar-refractivity contribution in [3.05, 3.63) is 187 Å². The van der Waals surface area contributed by atoms with E-state index < -0.39 is 0 Å². The van der Waals surface area contributed by atoms with Crippen molar-refractivity contribution in [1.29, 1.82) is 0 Å². The Morgan fingerprint density at radius 1 is 0.360 bits per heavy atom. The predicted molar refractivity (Wildman–Crippen MR) is 214 cm³/mol. The lowest BCUT2D eigenvalue weighted by atomic mass is 9.82. The summed E-state index contributed by atoms with van der Waals surface area (Å²) < 4.78 is 0. The van der Waals surface area contributed by atoms with E-state index >= 15 is 0 Å². The van der Waals surface area contributed by atoms with Gasteiger partial charge in [-0.1, -0.05) is 153 Å². The van der Waals surface area contributed by atoms with Crippen LogP contribution in [0.3, 0.4) is 0 Å². The van der Waals surface area contributed by atoms with Crippen LogP contribution in [0.15, 0.2) is 176 Å². The van der Waals surface area contributed by atoms with E-state index in [2.05, 4.69) is 195 Å². The van der Waals surface area contributed by atoms with E-state index in [4.69, 9.17) is 0 Å². The molecule has 0 unspecified atom stereocenters. The van der Waals surface area contributed by atoms with Crippen LogP contribution in [0.4, 0.5) is 17.1 Å². The molecule has 0 atom stereocenters. The minimum Gasteiger partial charge on any atom is -0.309 e. The van der Waals surface area contributed by atoms with Gasteiger partial charge in [0.1, 0.15) is 0 Å². The molecule has 9 aromatic carbocycles. The molecule has 0 aromatic heterocycles.